The van der Waals surface area contributed by atoms with Gasteiger partial charge in [0.15, 0.2) is 0 Å². The third-order valence-electron chi connectivity index (χ3n) is 3.38. The SMILES string of the molecule is C#CCCCCNc1cc2c(cc1[N+](=O)[O-])NC(=O)CC2. The number of carbonyl (C=O) groups is 1. The van der Waals surface area contributed by atoms with Gasteiger partial charge in [-0.2, -0.15) is 0 Å². The number of benzene rings is 1. The van der Waals surface area contributed by atoms with Crippen molar-refractivity contribution in [3.05, 3.63) is 27.8 Å². The number of aryl methyl sites for hydroxylation is 1. The van der Waals surface area contributed by atoms with Crippen molar-refractivity contribution in [1.29, 1.82) is 0 Å². The Labute approximate surface area is 123 Å². The molecule has 0 atom stereocenters. The van der Waals surface area contributed by atoms with E-state index in [4.69, 9.17) is 6.42 Å². The summed E-state index contributed by atoms with van der Waals surface area (Å²) in [4.78, 5) is 22.1. The molecule has 0 bridgehead atoms. The quantitative estimate of drug-likeness (QED) is 0.364. The van der Waals surface area contributed by atoms with Gasteiger partial charge in [0.05, 0.1) is 10.6 Å². The smallest absolute Gasteiger partial charge is 0.294 e. The molecule has 1 amide bonds. The van der Waals surface area contributed by atoms with Crippen LogP contribution in [0.3, 0.4) is 0 Å². The molecule has 110 valence electrons. The number of amides is 1. The standard InChI is InChI=1S/C15H17N3O3/c1-2-3-4-5-8-16-13-9-11-6-7-15(19)17-12(11)10-14(13)18(20)21/h1,9-10,16H,3-8H2,(H,17,19). The Kier molecular flexibility index (Phi) is 4.77. The molecule has 1 aliphatic rings. The molecule has 0 saturated heterocycles. The topological polar surface area (TPSA) is 84.3 Å². The second-order valence-electron chi connectivity index (χ2n) is 4.92. The zero-order valence-corrected chi connectivity index (χ0v) is 11.6. The molecular formula is C15H17N3O3. The minimum absolute atomic E-state index is 0.0205. The van der Waals surface area contributed by atoms with E-state index < -0.39 is 4.92 Å². The Morgan fingerprint density at radius 3 is 2.90 bits per heavy atom. The third kappa shape index (κ3) is 3.72. The number of nitro groups is 1. The molecule has 6 heteroatoms. The fraction of sp³-hybridized carbons (Fsp3) is 0.400. The first kappa shape index (κ1) is 14.9. The number of terminal acetylenes is 1. The van der Waals surface area contributed by atoms with E-state index in [2.05, 4.69) is 16.6 Å². The molecule has 0 saturated carbocycles. The van der Waals surface area contributed by atoms with E-state index in [0.717, 1.165) is 18.4 Å². The van der Waals surface area contributed by atoms with Crippen LogP contribution >= 0.6 is 0 Å². The predicted octanol–water partition coefficient (Wildman–Crippen LogP) is 2.69. The minimum atomic E-state index is -0.440. The first-order valence-corrected chi connectivity index (χ1v) is 6.90. The molecule has 1 aromatic rings. The van der Waals surface area contributed by atoms with Crippen LogP contribution < -0.4 is 10.6 Å². The highest BCUT2D eigenvalue weighted by molar-refractivity contribution is 5.95. The molecule has 2 N–H and O–H groups in total. The number of carbonyl (C=O) groups excluding carboxylic acids is 1. The lowest BCUT2D eigenvalue weighted by Gasteiger charge is -2.18. The van der Waals surface area contributed by atoms with Gasteiger partial charge in [0.25, 0.3) is 5.69 Å². The van der Waals surface area contributed by atoms with Crippen LogP contribution in [0.25, 0.3) is 0 Å². The summed E-state index contributed by atoms with van der Waals surface area (Å²) < 4.78 is 0. The zero-order chi connectivity index (χ0) is 15.2. The molecule has 0 fully saturated rings. The van der Waals surface area contributed by atoms with Gasteiger partial charge in [0.1, 0.15) is 5.69 Å². The van der Waals surface area contributed by atoms with Crippen LogP contribution in [0.4, 0.5) is 17.1 Å². The second-order valence-corrected chi connectivity index (χ2v) is 4.92. The Bertz CT molecular complexity index is 605. The molecular weight excluding hydrogens is 270 g/mol. The van der Waals surface area contributed by atoms with Crippen molar-refractivity contribution in [1.82, 2.24) is 0 Å². The van der Waals surface area contributed by atoms with Gasteiger partial charge in [-0.05, 0) is 30.9 Å². The highest BCUT2D eigenvalue weighted by Crippen LogP contribution is 2.34. The normalized spacial score (nSPS) is 13.0. The zero-order valence-electron chi connectivity index (χ0n) is 11.6. The van der Waals surface area contributed by atoms with E-state index in [1.54, 1.807) is 6.07 Å². The van der Waals surface area contributed by atoms with E-state index in [-0.39, 0.29) is 11.6 Å². The number of nitrogens with one attached hydrogen (secondary N) is 2. The van der Waals surface area contributed by atoms with Gasteiger partial charge < -0.3 is 10.6 Å². The maximum atomic E-state index is 11.4. The van der Waals surface area contributed by atoms with Crippen LogP contribution in [0.1, 0.15) is 31.2 Å². The highest BCUT2D eigenvalue weighted by atomic mass is 16.6. The summed E-state index contributed by atoms with van der Waals surface area (Å²) in [5, 5.41) is 16.9. The summed E-state index contributed by atoms with van der Waals surface area (Å²) in [7, 11) is 0. The number of anilines is 2. The van der Waals surface area contributed by atoms with Crippen LogP contribution in [0.15, 0.2) is 12.1 Å². The maximum Gasteiger partial charge on any atom is 0.294 e. The fourth-order valence-corrected chi connectivity index (χ4v) is 2.28. The first-order chi connectivity index (χ1) is 10.1. The molecule has 0 radical (unpaired) electrons. The van der Waals surface area contributed by atoms with E-state index >= 15 is 0 Å². The molecule has 21 heavy (non-hydrogen) atoms. The molecule has 1 heterocycles. The summed E-state index contributed by atoms with van der Waals surface area (Å²) >= 11 is 0. The summed E-state index contributed by atoms with van der Waals surface area (Å²) in [6.45, 7) is 0.633. The Balaban J connectivity index is 2.14. The largest absolute Gasteiger partial charge is 0.379 e. The number of nitro benzene ring substituents is 1. The molecule has 2 rings (SSSR count). The van der Waals surface area contributed by atoms with E-state index in [9.17, 15) is 14.9 Å². The van der Waals surface area contributed by atoms with Gasteiger partial charge in [0, 0.05) is 25.5 Å². The van der Waals surface area contributed by atoms with Crippen LogP contribution in [0, 0.1) is 22.5 Å². The lowest BCUT2D eigenvalue weighted by atomic mass is 10.0. The van der Waals surface area contributed by atoms with Gasteiger partial charge in [-0.25, -0.2) is 0 Å². The van der Waals surface area contributed by atoms with Gasteiger partial charge in [-0.1, -0.05) is 0 Å². The first-order valence-electron chi connectivity index (χ1n) is 6.90. The lowest BCUT2D eigenvalue weighted by molar-refractivity contribution is -0.383. The van der Waals surface area contributed by atoms with Crippen molar-refractivity contribution in [2.24, 2.45) is 0 Å². The van der Waals surface area contributed by atoms with Crippen LogP contribution in [-0.2, 0) is 11.2 Å². The molecule has 0 aromatic heterocycles. The molecule has 0 spiro atoms. The van der Waals surface area contributed by atoms with Crippen LogP contribution in [0.2, 0.25) is 0 Å². The van der Waals surface area contributed by atoms with Gasteiger partial charge in [-0.3, -0.25) is 14.9 Å². The third-order valence-corrected chi connectivity index (χ3v) is 3.38. The van der Waals surface area contributed by atoms with Gasteiger partial charge >= 0.3 is 0 Å². The Morgan fingerprint density at radius 1 is 1.38 bits per heavy atom. The minimum Gasteiger partial charge on any atom is -0.379 e. The van der Waals surface area contributed by atoms with Crippen molar-refractivity contribution in [2.75, 3.05) is 17.2 Å². The number of hydrogen-bond donors (Lipinski definition) is 2. The van der Waals surface area contributed by atoms with Gasteiger partial charge in [0.2, 0.25) is 5.91 Å². The van der Waals surface area contributed by atoms with E-state index in [1.165, 1.54) is 6.07 Å². The number of rotatable bonds is 6. The Morgan fingerprint density at radius 2 is 2.19 bits per heavy atom. The van der Waals surface area contributed by atoms with E-state index in [0.29, 0.717) is 37.2 Å². The van der Waals surface area contributed by atoms with Crippen molar-refractivity contribution < 1.29 is 9.72 Å². The Hall–Kier alpha value is -2.55. The summed E-state index contributed by atoms with van der Waals surface area (Å²) in [5.74, 6) is 2.46. The van der Waals surface area contributed by atoms with Crippen molar-refractivity contribution in [3.63, 3.8) is 0 Å². The van der Waals surface area contributed by atoms with Crippen molar-refractivity contribution in [2.45, 2.75) is 32.1 Å². The predicted molar refractivity (Wildman–Crippen MR) is 81.2 cm³/mol. The molecule has 1 aliphatic heterocycles. The average molecular weight is 287 g/mol. The van der Waals surface area contributed by atoms with Crippen molar-refractivity contribution in [3.8, 4) is 12.3 Å². The highest BCUT2D eigenvalue weighted by Gasteiger charge is 2.22. The molecule has 6 nitrogen and oxygen atoms in total. The molecule has 0 unspecified atom stereocenters. The second kappa shape index (κ2) is 6.75. The summed E-state index contributed by atoms with van der Waals surface area (Å²) in [6.07, 6.45) is 8.64. The lowest BCUT2D eigenvalue weighted by Crippen LogP contribution is -2.19. The summed E-state index contributed by atoms with van der Waals surface area (Å²) in [6, 6.07) is 3.18. The average Bonchev–Trinajstić information content (AvgIpc) is 2.46. The number of unbranched alkanes of at least 4 members (excludes halogenated alkanes) is 2. The molecule has 1 aromatic carbocycles. The summed E-state index contributed by atoms with van der Waals surface area (Å²) in [5.41, 5.74) is 1.94. The number of hydrogen-bond acceptors (Lipinski definition) is 4. The number of fused-ring (bicyclic) bond motifs is 1. The molecule has 0 aliphatic carbocycles. The monoisotopic (exact) mass is 287 g/mol. The van der Waals surface area contributed by atoms with Crippen LogP contribution in [-0.4, -0.2) is 17.4 Å². The fourth-order valence-electron chi connectivity index (χ4n) is 2.28. The number of nitrogens with zero attached hydrogens (tertiary/aromatic N) is 1. The van der Waals surface area contributed by atoms with Crippen LogP contribution in [0.5, 0.6) is 0 Å². The van der Waals surface area contributed by atoms with Crippen molar-refractivity contribution >= 4 is 23.0 Å². The van der Waals surface area contributed by atoms with E-state index in [1.807, 2.05) is 0 Å². The maximum absolute atomic E-state index is 11.4. The van der Waals surface area contributed by atoms with Gasteiger partial charge in [-0.15, -0.1) is 12.3 Å².